The fourth-order valence-corrected chi connectivity index (χ4v) is 2.86. The molecular formula is C13H16F2N2O3S. The van der Waals surface area contributed by atoms with E-state index in [-0.39, 0.29) is 11.9 Å². The van der Waals surface area contributed by atoms with Crippen molar-refractivity contribution in [2.75, 3.05) is 11.9 Å². The van der Waals surface area contributed by atoms with Crippen molar-refractivity contribution in [2.45, 2.75) is 36.0 Å². The second-order valence-corrected chi connectivity index (χ2v) is 6.74. The lowest BCUT2D eigenvalue weighted by Crippen LogP contribution is -2.43. The molecule has 1 aromatic rings. The molecule has 2 rings (SSSR count). The topological polar surface area (TPSA) is 75.3 Å². The van der Waals surface area contributed by atoms with Crippen LogP contribution in [0.15, 0.2) is 29.2 Å². The number of halogens is 2. The minimum absolute atomic E-state index is 0.209. The average Bonchev–Trinajstić information content (AvgIpc) is 2.48. The maximum atomic E-state index is 12.4. The molecule has 2 N–H and O–H groups in total. The summed E-state index contributed by atoms with van der Waals surface area (Å²) in [5.41, 5.74) is 0.376. The number of nitrogens with one attached hydrogen (secondary N) is 2. The van der Waals surface area contributed by atoms with Gasteiger partial charge in [0.1, 0.15) is 0 Å². The van der Waals surface area contributed by atoms with Crippen LogP contribution in [-0.4, -0.2) is 32.7 Å². The number of anilines is 1. The molecule has 1 amide bonds. The molecule has 0 radical (unpaired) electrons. The van der Waals surface area contributed by atoms with E-state index in [1.54, 1.807) is 0 Å². The Balaban J connectivity index is 2.04. The minimum Gasteiger partial charge on any atom is -0.325 e. The number of sulfone groups is 1. The third-order valence-electron chi connectivity index (χ3n) is 3.31. The molecule has 1 aliphatic rings. The van der Waals surface area contributed by atoms with Crippen molar-refractivity contribution in [3.63, 3.8) is 0 Å². The van der Waals surface area contributed by atoms with Gasteiger partial charge in [0.25, 0.3) is 0 Å². The van der Waals surface area contributed by atoms with Crippen LogP contribution in [0.25, 0.3) is 0 Å². The number of piperidine rings is 1. The predicted octanol–water partition coefficient (Wildman–Crippen LogP) is 1.76. The van der Waals surface area contributed by atoms with Gasteiger partial charge in [0.05, 0.1) is 10.9 Å². The number of rotatable bonds is 4. The van der Waals surface area contributed by atoms with Crippen molar-refractivity contribution in [3.05, 3.63) is 24.3 Å². The van der Waals surface area contributed by atoms with Crippen LogP contribution < -0.4 is 10.6 Å². The van der Waals surface area contributed by atoms with Gasteiger partial charge in [0.2, 0.25) is 15.7 Å². The molecular weight excluding hydrogens is 302 g/mol. The van der Waals surface area contributed by atoms with E-state index in [9.17, 15) is 22.0 Å². The van der Waals surface area contributed by atoms with Crippen molar-refractivity contribution >= 4 is 21.4 Å². The van der Waals surface area contributed by atoms with E-state index < -0.39 is 20.5 Å². The fourth-order valence-electron chi connectivity index (χ4n) is 2.14. The molecule has 1 aromatic carbocycles. The van der Waals surface area contributed by atoms with E-state index in [2.05, 4.69) is 10.6 Å². The lowest BCUT2D eigenvalue weighted by Gasteiger charge is -2.22. The molecule has 0 spiro atoms. The normalized spacial score (nSPS) is 19.5. The Morgan fingerprint density at radius 2 is 1.90 bits per heavy atom. The zero-order valence-corrected chi connectivity index (χ0v) is 12.0. The summed E-state index contributed by atoms with van der Waals surface area (Å²) in [7, 11) is -4.60. The fraction of sp³-hybridized carbons (Fsp3) is 0.462. The summed E-state index contributed by atoms with van der Waals surface area (Å²) < 4.78 is 47.3. The van der Waals surface area contributed by atoms with Gasteiger partial charge in [-0.2, -0.15) is 8.78 Å². The van der Waals surface area contributed by atoms with Gasteiger partial charge in [0, 0.05) is 5.69 Å². The van der Waals surface area contributed by atoms with Crippen molar-refractivity contribution in [1.82, 2.24) is 5.32 Å². The first-order chi connectivity index (χ1) is 9.91. The second kappa shape index (κ2) is 6.48. The number of hydrogen-bond donors (Lipinski definition) is 2. The number of carbonyl (C=O) groups is 1. The second-order valence-electron chi connectivity index (χ2n) is 4.82. The van der Waals surface area contributed by atoms with E-state index in [1.807, 2.05) is 0 Å². The highest BCUT2D eigenvalue weighted by molar-refractivity contribution is 7.91. The van der Waals surface area contributed by atoms with Crippen LogP contribution in [0.3, 0.4) is 0 Å². The molecule has 1 saturated heterocycles. The molecule has 21 heavy (non-hydrogen) atoms. The average molecular weight is 318 g/mol. The highest BCUT2D eigenvalue weighted by Gasteiger charge is 2.26. The lowest BCUT2D eigenvalue weighted by atomic mass is 10.0. The van der Waals surface area contributed by atoms with Crippen LogP contribution in [0.2, 0.25) is 0 Å². The van der Waals surface area contributed by atoms with Crippen LogP contribution in [0.4, 0.5) is 14.5 Å². The van der Waals surface area contributed by atoms with Gasteiger partial charge in [-0.3, -0.25) is 4.79 Å². The van der Waals surface area contributed by atoms with Crippen LogP contribution in [-0.2, 0) is 14.6 Å². The Hall–Kier alpha value is -1.54. The molecule has 1 aliphatic heterocycles. The molecule has 8 heteroatoms. The van der Waals surface area contributed by atoms with E-state index in [4.69, 9.17) is 0 Å². The third kappa shape index (κ3) is 3.76. The minimum atomic E-state index is -4.60. The lowest BCUT2D eigenvalue weighted by molar-refractivity contribution is -0.118. The van der Waals surface area contributed by atoms with Crippen molar-refractivity contribution < 1.29 is 22.0 Å². The molecule has 5 nitrogen and oxygen atoms in total. The van der Waals surface area contributed by atoms with E-state index in [0.29, 0.717) is 5.69 Å². The van der Waals surface area contributed by atoms with Crippen LogP contribution >= 0.6 is 0 Å². The Kier molecular flexibility index (Phi) is 4.89. The number of amides is 1. The third-order valence-corrected chi connectivity index (χ3v) is 4.71. The van der Waals surface area contributed by atoms with Gasteiger partial charge in [-0.25, -0.2) is 8.42 Å². The monoisotopic (exact) mass is 318 g/mol. The molecule has 1 atom stereocenters. The standard InChI is InChI=1S/C13H16F2N2O3S/c14-13(15)21(19,20)10-6-4-9(5-7-10)17-12(18)11-3-1-2-8-16-11/h4-7,11,13,16H,1-3,8H2,(H,17,18)/t11-/m1/s1. The predicted molar refractivity (Wildman–Crippen MR) is 73.9 cm³/mol. The number of alkyl halides is 2. The molecule has 0 aromatic heterocycles. The summed E-state index contributed by atoms with van der Waals surface area (Å²) in [5.74, 6) is -3.66. The van der Waals surface area contributed by atoms with E-state index in [1.165, 1.54) is 12.1 Å². The maximum Gasteiger partial charge on any atom is 0.341 e. The SMILES string of the molecule is O=C(Nc1ccc(S(=O)(=O)C(F)F)cc1)[C@H]1CCCCN1. The van der Waals surface area contributed by atoms with E-state index in [0.717, 1.165) is 37.9 Å². The Bertz CT molecular complexity index is 596. The van der Waals surface area contributed by atoms with Gasteiger partial charge in [-0.15, -0.1) is 0 Å². The molecule has 1 fully saturated rings. The number of hydrogen-bond acceptors (Lipinski definition) is 4. The summed E-state index contributed by atoms with van der Waals surface area (Å²) in [5, 5.41) is 5.72. The summed E-state index contributed by atoms with van der Waals surface area (Å²) in [6.07, 6.45) is 2.74. The number of benzene rings is 1. The molecule has 0 saturated carbocycles. The Labute approximate surface area is 121 Å². The smallest absolute Gasteiger partial charge is 0.325 e. The zero-order chi connectivity index (χ0) is 15.5. The van der Waals surface area contributed by atoms with Crippen molar-refractivity contribution in [2.24, 2.45) is 0 Å². The van der Waals surface area contributed by atoms with Crippen molar-refractivity contribution in [1.29, 1.82) is 0 Å². The first kappa shape index (κ1) is 15.8. The first-order valence-electron chi connectivity index (χ1n) is 6.57. The summed E-state index contributed by atoms with van der Waals surface area (Å²) in [6, 6.07) is 4.45. The maximum absolute atomic E-state index is 12.4. The molecule has 0 aliphatic carbocycles. The van der Waals surface area contributed by atoms with E-state index >= 15 is 0 Å². The highest BCUT2D eigenvalue weighted by Crippen LogP contribution is 2.20. The number of carbonyl (C=O) groups excluding carboxylic acids is 1. The Morgan fingerprint density at radius 3 is 2.43 bits per heavy atom. The summed E-state index contributed by atoms with van der Waals surface area (Å²) >= 11 is 0. The summed E-state index contributed by atoms with van der Waals surface area (Å²) in [4.78, 5) is 11.5. The van der Waals surface area contributed by atoms with Crippen molar-refractivity contribution in [3.8, 4) is 0 Å². The first-order valence-corrected chi connectivity index (χ1v) is 8.12. The summed E-state index contributed by atoms with van der Waals surface area (Å²) in [6.45, 7) is 0.781. The van der Waals surface area contributed by atoms with Crippen LogP contribution in [0.1, 0.15) is 19.3 Å². The van der Waals surface area contributed by atoms with Gasteiger partial charge in [-0.05, 0) is 43.7 Å². The largest absolute Gasteiger partial charge is 0.341 e. The molecule has 1 heterocycles. The van der Waals surface area contributed by atoms with Crippen LogP contribution in [0, 0.1) is 0 Å². The Morgan fingerprint density at radius 1 is 1.24 bits per heavy atom. The van der Waals surface area contributed by atoms with Gasteiger partial charge >= 0.3 is 5.76 Å². The zero-order valence-electron chi connectivity index (χ0n) is 11.2. The van der Waals surface area contributed by atoms with Crippen LogP contribution in [0.5, 0.6) is 0 Å². The molecule has 0 bridgehead atoms. The highest BCUT2D eigenvalue weighted by atomic mass is 32.2. The van der Waals surface area contributed by atoms with Gasteiger partial charge < -0.3 is 10.6 Å². The molecule has 116 valence electrons. The van der Waals surface area contributed by atoms with Gasteiger partial charge in [-0.1, -0.05) is 6.42 Å². The van der Waals surface area contributed by atoms with Gasteiger partial charge in [0.15, 0.2) is 0 Å². The molecule has 0 unspecified atom stereocenters. The quantitative estimate of drug-likeness (QED) is 0.887.